The summed E-state index contributed by atoms with van der Waals surface area (Å²) in [5.74, 6) is -0.189. The molecule has 2 aromatic carbocycles. The average Bonchev–Trinajstić information content (AvgIpc) is 2.30. The van der Waals surface area contributed by atoms with Crippen LogP contribution in [0.25, 0.3) is 10.8 Å². The topological polar surface area (TPSA) is 40.5 Å². The van der Waals surface area contributed by atoms with E-state index in [1.165, 1.54) is 5.56 Å². The Morgan fingerprint density at radius 1 is 1.06 bits per heavy atom. The van der Waals surface area contributed by atoms with Crippen molar-refractivity contribution in [2.24, 2.45) is 0 Å². The number of hydrogen-bond donors (Lipinski definition) is 2. The number of aryl methyl sites for hydroxylation is 1. The summed E-state index contributed by atoms with van der Waals surface area (Å²) < 4.78 is 0. The van der Waals surface area contributed by atoms with E-state index < -0.39 is 0 Å². The van der Waals surface area contributed by atoms with Crippen LogP contribution in [0.4, 0.5) is 0 Å². The molecule has 0 saturated heterocycles. The molecule has 16 heavy (non-hydrogen) atoms. The second-order valence-electron chi connectivity index (χ2n) is 4.13. The van der Waals surface area contributed by atoms with Gasteiger partial charge in [0.25, 0.3) is 0 Å². The SMILES string of the molecule is Cc1ccc2c(C(CO)CO)cccc2c1. The molecule has 0 bridgehead atoms. The number of fused-ring (bicyclic) bond motifs is 1. The van der Waals surface area contributed by atoms with Gasteiger partial charge in [-0.2, -0.15) is 0 Å². The summed E-state index contributed by atoms with van der Waals surface area (Å²) in [5.41, 5.74) is 2.23. The highest BCUT2D eigenvalue weighted by Gasteiger charge is 2.11. The van der Waals surface area contributed by atoms with Crippen LogP contribution in [0.15, 0.2) is 36.4 Å². The Hall–Kier alpha value is -1.38. The van der Waals surface area contributed by atoms with Crippen LogP contribution in [-0.4, -0.2) is 23.4 Å². The molecule has 2 rings (SSSR count). The number of benzene rings is 2. The van der Waals surface area contributed by atoms with Crippen molar-refractivity contribution in [3.8, 4) is 0 Å². The fraction of sp³-hybridized carbons (Fsp3) is 0.286. The molecule has 84 valence electrons. The van der Waals surface area contributed by atoms with Crippen LogP contribution in [0.5, 0.6) is 0 Å². The van der Waals surface area contributed by atoms with Gasteiger partial charge in [0.1, 0.15) is 0 Å². The molecule has 0 aliphatic carbocycles. The predicted octanol–water partition coefficient (Wildman–Crippen LogP) is 2.22. The molecule has 2 nitrogen and oxygen atoms in total. The van der Waals surface area contributed by atoms with E-state index in [1.54, 1.807) is 0 Å². The Kier molecular flexibility index (Phi) is 3.22. The van der Waals surface area contributed by atoms with Gasteiger partial charge in [-0.3, -0.25) is 0 Å². The number of rotatable bonds is 3. The molecule has 2 N–H and O–H groups in total. The molecule has 0 radical (unpaired) electrons. The van der Waals surface area contributed by atoms with E-state index in [9.17, 15) is 10.2 Å². The zero-order chi connectivity index (χ0) is 11.5. The van der Waals surface area contributed by atoms with Crippen molar-refractivity contribution in [2.75, 3.05) is 13.2 Å². The largest absolute Gasteiger partial charge is 0.396 e. The van der Waals surface area contributed by atoms with Crippen molar-refractivity contribution in [1.82, 2.24) is 0 Å². The van der Waals surface area contributed by atoms with E-state index in [0.717, 1.165) is 16.3 Å². The molecular weight excluding hydrogens is 200 g/mol. The smallest absolute Gasteiger partial charge is 0.0522 e. The van der Waals surface area contributed by atoms with Gasteiger partial charge in [0.2, 0.25) is 0 Å². The molecule has 0 heterocycles. The lowest BCUT2D eigenvalue weighted by Gasteiger charge is -2.14. The first-order chi connectivity index (χ1) is 7.76. The lowest BCUT2D eigenvalue weighted by Crippen LogP contribution is -2.09. The van der Waals surface area contributed by atoms with Crippen LogP contribution in [0.3, 0.4) is 0 Å². The predicted molar refractivity (Wildman–Crippen MR) is 65.6 cm³/mol. The molecule has 2 aromatic rings. The Morgan fingerprint density at radius 2 is 1.81 bits per heavy atom. The van der Waals surface area contributed by atoms with Crippen molar-refractivity contribution >= 4 is 10.8 Å². The summed E-state index contributed by atoms with van der Waals surface area (Å²) >= 11 is 0. The molecular formula is C14H16O2. The standard InChI is InChI=1S/C14H16O2/c1-10-5-6-14-11(7-10)3-2-4-13(14)12(8-15)9-16/h2-7,12,15-16H,8-9H2,1H3. The summed E-state index contributed by atoms with van der Waals surface area (Å²) in [6.45, 7) is 2.01. The van der Waals surface area contributed by atoms with E-state index >= 15 is 0 Å². The molecule has 2 heteroatoms. The van der Waals surface area contributed by atoms with Crippen LogP contribution in [0.2, 0.25) is 0 Å². The van der Waals surface area contributed by atoms with Crippen LogP contribution >= 0.6 is 0 Å². The average molecular weight is 216 g/mol. The van der Waals surface area contributed by atoms with Crippen LogP contribution < -0.4 is 0 Å². The zero-order valence-corrected chi connectivity index (χ0v) is 9.35. The van der Waals surface area contributed by atoms with E-state index in [-0.39, 0.29) is 19.1 Å². The van der Waals surface area contributed by atoms with Crippen LogP contribution in [0, 0.1) is 6.92 Å². The van der Waals surface area contributed by atoms with Gasteiger partial charge in [-0.15, -0.1) is 0 Å². The second-order valence-corrected chi connectivity index (χ2v) is 4.13. The summed E-state index contributed by atoms with van der Waals surface area (Å²) in [4.78, 5) is 0. The molecule has 0 saturated carbocycles. The highest BCUT2D eigenvalue weighted by molar-refractivity contribution is 5.86. The third-order valence-corrected chi connectivity index (χ3v) is 2.95. The minimum Gasteiger partial charge on any atom is -0.396 e. The van der Waals surface area contributed by atoms with Gasteiger partial charge in [-0.1, -0.05) is 42.0 Å². The van der Waals surface area contributed by atoms with Crippen LogP contribution in [0.1, 0.15) is 17.0 Å². The molecule has 0 atom stereocenters. The fourth-order valence-corrected chi connectivity index (χ4v) is 2.04. The van der Waals surface area contributed by atoms with Gasteiger partial charge in [-0.05, 0) is 23.3 Å². The normalized spacial score (nSPS) is 11.2. The maximum atomic E-state index is 9.23. The van der Waals surface area contributed by atoms with Crippen LogP contribution in [-0.2, 0) is 0 Å². The summed E-state index contributed by atoms with van der Waals surface area (Å²) in [7, 11) is 0. The van der Waals surface area contributed by atoms with Crippen molar-refractivity contribution < 1.29 is 10.2 Å². The number of aliphatic hydroxyl groups is 2. The summed E-state index contributed by atoms with van der Waals surface area (Å²) in [6, 6.07) is 12.2. The minimum absolute atomic E-state index is 0.0243. The van der Waals surface area contributed by atoms with Gasteiger partial charge in [-0.25, -0.2) is 0 Å². The number of hydrogen-bond acceptors (Lipinski definition) is 2. The third kappa shape index (κ3) is 1.94. The van der Waals surface area contributed by atoms with Gasteiger partial charge in [0.15, 0.2) is 0 Å². The maximum Gasteiger partial charge on any atom is 0.0522 e. The van der Waals surface area contributed by atoms with Crippen molar-refractivity contribution in [3.05, 3.63) is 47.5 Å². The molecule has 0 aliphatic heterocycles. The third-order valence-electron chi connectivity index (χ3n) is 2.95. The van der Waals surface area contributed by atoms with Crippen molar-refractivity contribution in [2.45, 2.75) is 12.8 Å². The van der Waals surface area contributed by atoms with E-state index in [2.05, 4.69) is 31.2 Å². The van der Waals surface area contributed by atoms with E-state index in [4.69, 9.17) is 0 Å². The molecule has 0 fully saturated rings. The second kappa shape index (κ2) is 4.64. The van der Waals surface area contributed by atoms with Gasteiger partial charge in [0, 0.05) is 5.92 Å². The van der Waals surface area contributed by atoms with E-state index in [0.29, 0.717) is 0 Å². The lowest BCUT2D eigenvalue weighted by atomic mass is 9.94. The quantitative estimate of drug-likeness (QED) is 0.826. The lowest BCUT2D eigenvalue weighted by molar-refractivity contribution is 0.193. The van der Waals surface area contributed by atoms with E-state index in [1.807, 2.05) is 12.1 Å². The highest BCUT2D eigenvalue weighted by atomic mass is 16.3. The first-order valence-electron chi connectivity index (χ1n) is 5.47. The van der Waals surface area contributed by atoms with Crippen molar-refractivity contribution in [3.63, 3.8) is 0 Å². The zero-order valence-electron chi connectivity index (χ0n) is 9.35. The molecule has 0 aliphatic rings. The van der Waals surface area contributed by atoms with Gasteiger partial charge in [0.05, 0.1) is 13.2 Å². The number of aliphatic hydroxyl groups excluding tert-OH is 2. The molecule has 0 spiro atoms. The molecule has 0 amide bonds. The Morgan fingerprint density at radius 3 is 2.50 bits per heavy atom. The Balaban J connectivity index is 2.61. The minimum atomic E-state index is -0.189. The van der Waals surface area contributed by atoms with Gasteiger partial charge >= 0.3 is 0 Å². The first kappa shape index (κ1) is 11.1. The first-order valence-corrected chi connectivity index (χ1v) is 5.47. The van der Waals surface area contributed by atoms with Gasteiger partial charge < -0.3 is 10.2 Å². The maximum absolute atomic E-state index is 9.23. The monoisotopic (exact) mass is 216 g/mol. The molecule has 0 unspecified atom stereocenters. The van der Waals surface area contributed by atoms with Crippen molar-refractivity contribution in [1.29, 1.82) is 0 Å². The summed E-state index contributed by atoms with van der Waals surface area (Å²) in [6.07, 6.45) is 0. The Bertz CT molecular complexity index is 487. The Labute approximate surface area is 95.2 Å². The molecule has 0 aromatic heterocycles. The summed E-state index contributed by atoms with van der Waals surface area (Å²) in [5, 5.41) is 20.7. The fourth-order valence-electron chi connectivity index (χ4n) is 2.04. The highest BCUT2D eigenvalue weighted by Crippen LogP contribution is 2.26.